The predicted molar refractivity (Wildman–Crippen MR) is 275 cm³/mol. The third-order valence-corrected chi connectivity index (χ3v) is 13.9. The molecule has 0 aliphatic rings. The Bertz CT molecular complexity index is 995. The first kappa shape index (κ1) is 62.4. The molecule has 0 saturated carbocycles. The molecule has 0 N–H and O–H groups in total. The molecule has 0 fully saturated rings. The summed E-state index contributed by atoms with van der Waals surface area (Å²) in [6.07, 6.45) is 50.8. The Balaban J connectivity index is 4.30. The molecular weight excluding hydrogens is 793 g/mol. The molecule has 3 atom stereocenters. The van der Waals surface area contributed by atoms with Gasteiger partial charge in [0.05, 0.1) is 0 Å². The monoisotopic (exact) mass is 905 g/mol. The third kappa shape index (κ3) is 48.3. The van der Waals surface area contributed by atoms with E-state index < -0.39 is 6.10 Å². The van der Waals surface area contributed by atoms with Crippen LogP contribution in [0.2, 0.25) is 0 Å². The molecule has 380 valence electrons. The van der Waals surface area contributed by atoms with E-state index in [4.69, 9.17) is 14.2 Å². The minimum atomic E-state index is -0.764. The lowest BCUT2D eigenvalue weighted by molar-refractivity contribution is -0.167. The van der Waals surface area contributed by atoms with Gasteiger partial charge in [-0.25, -0.2) is 0 Å². The number of carbonyl (C=O) groups excluding carboxylic acids is 3. The summed E-state index contributed by atoms with van der Waals surface area (Å²) in [5.41, 5.74) is 0. The Labute approximate surface area is 399 Å². The summed E-state index contributed by atoms with van der Waals surface area (Å²) < 4.78 is 16.9. The van der Waals surface area contributed by atoms with E-state index >= 15 is 0 Å². The molecule has 0 saturated heterocycles. The molecule has 0 radical (unpaired) electrons. The summed E-state index contributed by atoms with van der Waals surface area (Å²) in [6, 6.07) is 0. The van der Waals surface area contributed by atoms with E-state index in [1.54, 1.807) is 0 Å². The minimum Gasteiger partial charge on any atom is -0.462 e. The van der Waals surface area contributed by atoms with Gasteiger partial charge in [0.15, 0.2) is 6.10 Å². The van der Waals surface area contributed by atoms with Crippen LogP contribution in [0, 0.1) is 17.8 Å². The van der Waals surface area contributed by atoms with E-state index in [0.717, 1.165) is 75.5 Å². The minimum absolute atomic E-state index is 0.0639. The van der Waals surface area contributed by atoms with Crippen molar-refractivity contribution in [1.82, 2.24) is 0 Å². The topological polar surface area (TPSA) is 78.9 Å². The fourth-order valence-electron chi connectivity index (χ4n) is 8.76. The molecule has 64 heavy (non-hydrogen) atoms. The number of unbranched alkanes of at least 4 members (excludes halogenated alkanes) is 32. The average Bonchev–Trinajstić information content (AvgIpc) is 3.28. The van der Waals surface area contributed by atoms with Gasteiger partial charge in [0.2, 0.25) is 0 Å². The van der Waals surface area contributed by atoms with Crippen molar-refractivity contribution in [2.24, 2.45) is 17.8 Å². The van der Waals surface area contributed by atoms with Crippen LogP contribution in [0.25, 0.3) is 0 Å². The Morgan fingerprint density at radius 3 is 0.812 bits per heavy atom. The van der Waals surface area contributed by atoms with Crippen molar-refractivity contribution in [3.63, 3.8) is 0 Å². The van der Waals surface area contributed by atoms with E-state index in [0.29, 0.717) is 19.3 Å². The highest BCUT2D eigenvalue weighted by molar-refractivity contribution is 5.71. The largest absolute Gasteiger partial charge is 0.462 e. The van der Waals surface area contributed by atoms with Crippen molar-refractivity contribution in [1.29, 1.82) is 0 Å². The van der Waals surface area contributed by atoms with Crippen LogP contribution in [-0.2, 0) is 28.6 Å². The van der Waals surface area contributed by atoms with Gasteiger partial charge < -0.3 is 14.2 Å². The van der Waals surface area contributed by atoms with Gasteiger partial charge in [0.25, 0.3) is 0 Å². The Morgan fingerprint density at radius 2 is 0.547 bits per heavy atom. The van der Waals surface area contributed by atoms with Gasteiger partial charge in [0, 0.05) is 19.3 Å². The number of ether oxygens (including phenoxy) is 3. The zero-order valence-electron chi connectivity index (χ0n) is 44.1. The van der Waals surface area contributed by atoms with Gasteiger partial charge in [0.1, 0.15) is 13.2 Å². The highest BCUT2D eigenvalue weighted by atomic mass is 16.6. The molecule has 2 unspecified atom stereocenters. The maximum Gasteiger partial charge on any atom is 0.306 e. The summed E-state index contributed by atoms with van der Waals surface area (Å²) in [7, 11) is 0. The number of hydrogen-bond acceptors (Lipinski definition) is 6. The third-order valence-electron chi connectivity index (χ3n) is 13.9. The number of rotatable bonds is 51. The molecule has 0 aromatic carbocycles. The lowest BCUT2D eigenvalue weighted by atomic mass is 9.99. The maximum absolute atomic E-state index is 12.8. The van der Waals surface area contributed by atoms with E-state index in [-0.39, 0.29) is 31.1 Å². The first-order valence-corrected chi connectivity index (χ1v) is 28.7. The lowest BCUT2D eigenvalue weighted by Crippen LogP contribution is -2.30. The molecule has 0 spiro atoms. The highest BCUT2D eigenvalue weighted by Gasteiger charge is 2.19. The van der Waals surface area contributed by atoms with Crippen molar-refractivity contribution in [2.75, 3.05) is 13.2 Å². The second-order valence-corrected chi connectivity index (χ2v) is 20.9. The van der Waals surface area contributed by atoms with Crippen LogP contribution >= 0.6 is 0 Å². The molecule has 0 bridgehead atoms. The fraction of sp³-hybridized carbons (Fsp3) is 0.948. The normalized spacial score (nSPS) is 13.0. The van der Waals surface area contributed by atoms with Gasteiger partial charge >= 0.3 is 17.9 Å². The van der Waals surface area contributed by atoms with Crippen molar-refractivity contribution < 1.29 is 28.6 Å². The van der Waals surface area contributed by atoms with Gasteiger partial charge in [-0.3, -0.25) is 14.4 Å². The van der Waals surface area contributed by atoms with E-state index in [9.17, 15) is 14.4 Å². The molecule has 0 heterocycles. The molecule has 0 aromatic rings. The van der Waals surface area contributed by atoms with Crippen molar-refractivity contribution in [2.45, 2.75) is 324 Å². The highest BCUT2D eigenvalue weighted by Crippen LogP contribution is 2.19. The molecule has 6 nitrogen and oxygen atoms in total. The Morgan fingerprint density at radius 1 is 0.312 bits per heavy atom. The number of esters is 3. The van der Waals surface area contributed by atoms with Gasteiger partial charge in [-0.15, -0.1) is 0 Å². The molecule has 0 aliphatic carbocycles. The van der Waals surface area contributed by atoms with Crippen molar-refractivity contribution >= 4 is 17.9 Å². The zero-order chi connectivity index (χ0) is 47.0. The van der Waals surface area contributed by atoms with Crippen LogP contribution in [0.5, 0.6) is 0 Å². The van der Waals surface area contributed by atoms with Crippen LogP contribution in [0.4, 0.5) is 0 Å². The standard InChI is InChI=1S/C58H112O6/c1-7-53(5)45-39-33-27-21-17-13-9-10-14-18-22-29-35-41-47-56(59)62-50-55(51-63-57(60)48-42-36-30-25-24-28-34-40-46-54(6)8-2)64-58(61)49-43-37-31-23-19-15-11-12-16-20-26-32-38-44-52(3)4/h52-55H,7-51H2,1-6H3/t53?,54?,55-/m0/s1. The molecule has 6 heteroatoms. The molecular formula is C58H112O6. The summed E-state index contributed by atoms with van der Waals surface area (Å²) in [6.45, 7) is 13.8. The van der Waals surface area contributed by atoms with E-state index in [2.05, 4.69) is 41.5 Å². The smallest absolute Gasteiger partial charge is 0.306 e. The molecule has 0 aromatic heterocycles. The van der Waals surface area contributed by atoms with Crippen molar-refractivity contribution in [3.05, 3.63) is 0 Å². The SMILES string of the molecule is CCC(C)CCCCCCCCCCCCCCCCC(=O)OC[C@@H](COC(=O)CCCCCCCCCCC(C)CC)OC(=O)CCCCCCCCCCCCCCCC(C)C. The van der Waals surface area contributed by atoms with Crippen LogP contribution in [-0.4, -0.2) is 37.2 Å². The number of carbonyl (C=O) groups is 3. The summed E-state index contributed by atoms with van der Waals surface area (Å²) in [4.78, 5) is 38.1. The molecule has 0 amide bonds. The second kappa shape index (κ2) is 49.3. The quantitative estimate of drug-likeness (QED) is 0.0344. The Hall–Kier alpha value is -1.59. The molecule has 0 rings (SSSR count). The average molecular weight is 906 g/mol. The lowest BCUT2D eigenvalue weighted by Gasteiger charge is -2.18. The van der Waals surface area contributed by atoms with Gasteiger partial charge in [-0.1, -0.05) is 279 Å². The molecule has 0 aliphatic heterocycles. The zero-order valence-corrected chi connectivity index (χ0v) is 44.1. The fourth-order valence-corrected chi connectivity index (χ4v) is 8.76. The van der Waals surface area contributed by atoms with Crippen LogP contribution in [0.15, 0.2) is 0 Å². The predicted octanol–water partition coefficient (Wildman–Crippen LogP) is 18.7. The van der Waals surface area contributed by atoms with Crippen LogP contribution < -0.4 is 0 Å². The second-order valence-electron chi connectivity index (χ2n) is 20.9. The maximum atomic E-state index is 12.8. The summed E-state index contributed by atoms with van der Waals surface area (Å²) in [5, 5.41) is 0. The Kier molecular flexibility index (Phi) is 48.1. The van der Waals surface area contributed by atoms with Crippen molar-refractivity contribution in [3.8, 4) is 0 Å². The van der Waals surface area contributed by atoms with E-state index in [1.165, 1.54) is 199 Å². The van der Waals surface area contributed by atoms with Gasteiger partial charge in [-0.2, -0.15) is 0 Å². The van der Waals surface area contributed by atoms with Crippen LogP contribution in [0.3, 0.4) is 0 Å². The summed E-state index contributed by atoms with van der Waals surface area (Å²) in [5.74, 6) is 1.74. The summed E-state index contributed by atoms with van der Waals surface area (Å²) >= 11 is 0. The number of hydrogen-bond donors (Lipinski definition) is 0. The first-order chi connectivity index (χ1) is 31.2. The first-order valence-electron chi connectivity index (χ1n) is 28.7. The van der Waals surface area contributed by atoms with E-state index in [1.807, 2.05) is 0 Å². The van der Waals surface area contributed by atoms with Gasteiger partial charge in [-0.05, 0) is 37.0 Å². The van der Waals surface area contributed by atoms with Crippen LogP contribution in [0.1, 0.15) is 318 Å².